The number of aliphatic hydroxyl groups excluding tert-OH is 1. The summed E-state index contributed by atoms with van der Waals surface area (Å²) in [5.74, 6) is 2.60. The van der Waals surface area contributed by atoms with E-state index < -0.39 is 11.7 Å². The lowest BCUT2D eigenvalue weighted by Gasteiger charge is -2.36. The number of ether oxygens (including phenoxy) is 1. The van der Waals surface area contributed by atoms with Gasteiger partial charge in [0.1, 0.15) is 24.8 Å². The van der Waals surface area contributed by atoms with Crippen LogP contribution in [0.4, 0.5) is 0 Å². The number of nitrogens with zero attached hydrogens (tertiary/aromatic N) is 1. The van der Waals surface area contributed by atoms with Crippen molar-refractivity contribution in [2.45, 2.75) is 44.9 Å². The molecule has 1 aliphatic heterocycles. The lowest BCUT2D eigenvalue weighted by atomic mass is 10.1. The SMILES string of the molecule is C#CC(C)(C)OC[C@H](O)C[N+]1(Cc2ccccc2)CCCC1. The smallest absolute Gasteiger partial charge is 0.126 e. The molecule has 1 N–H and O–H groups in total. The van der Waals surface area contributed by atoms with Crippen molar-refractivity contribution in [3.05, 3.63) is 35.9 Å². The van der Waals surface area contributed by atoms with Gasteiger partial charge in [-0.1, -0.05) is 36.3 Å². The maximum Gasteiger partial charge on any atom is 0.126 e. The quantitative estimate of drug-likeness (QED) is 0.620. The highest BCUT2D eigenvalue weighted by molar-refractivity contribution is 5.13. The second-order valence-electron chi connectivity index (χ2n) is 6.94. The summed E-state index contributed by atoms with van der Waals surface area (Å²) in [6.07, 6.45) is 7.41. The molecule has 2 rings (SSSR count). The third kappa shape index (κ3) is 4.84. The number of hydrogen-bond donors (Lipinski definition) is 1. The molecule has 1 aliphatic rings. The Kier molecular flexibility index (Phi) is 5.63. The van der Waals surface area contributed by atoms with Crippen molar-refractivity contribution < 1.29 is 14.3 Å². The Hall–Kier alpha value is -1.34. The molecule has 0 aliphatic carbocycles. The molecule has 0 aromatic heterocycles. The minimum absolute atomic E-state index is 0.298. The molecule has 0 amide bonds. The van der Waals surface area contributed by atoms with Crippen molar-refractivity contribution in [3.63, 3.8) is 0 Å². The number of aliphatic hydroxyl groups is 1. The highest BCUT2D eigenvalue weighted by Gasteiger charge is 2.34. The Balaban J connectivity index is 1.95. The third-order valence-electron chi connectivity index (χ3n) is 4.46. The molecule has 0 radical (unpaired) electrons. The van der Waals surface area contributed by atoms with E-state index in [1.165, 1.54) is 18.4 Å². The van der Waals surface area contributed by atoms with Crippen molar-refractivity contribution in [1.29, 1.82) is 0 Å². The summed E-state index contributed by atoms with van der Waals surface area (Å²) in [4.78, 5) is 0. The second-order valence-corrected chi connectivity index (χ2v) is 6.94. The maximum atomic E-state index is 10.4. The predicted molar refractivity (Wildman–Crippen MR) is 89.1 cm³/mol. The molecule has 0 unspecified atom stereocenters. The van der Waals surface area contributed by atoms with Gasteiger partial charge in [0.15, 0.2) is 0 Å². The first-order valence-electron chi connectivity index (χ1n) is 8.14. The first-order chi connectivity index (χ1) is 10.4. The van der Waals surface area contributed by atoms with Crippen LogP contribution in [0, 0.1) is 12.3 Å². The average Bonchev–Trinajstić information content (AvgIpc) is 2.94. The van der Waals surface area contributed by atoms with Crippen LogP contribution in [-0.4, -0.2) is 47.5 Å². The van der Waals surface area contributed by atoms with Gasteiger partial charge in [0.25, 0.3) is 0 Å². The molecule has 0 spiro atoms. The van der Waals surface area contributed by atoms with E-state index in [0.29, 0.717) is 6.61 Å². The van der Waals surface area contributed by atoms with E-state index in [1.54, 1.807) is 0 Å². The van der Waals surface area contributed by atoms with Crippen LogP contribution in [0.25, 0.3) is 0 Å². The van der Waals surface area contributed by atoms with Gasteiger partial charge >= 0.3 is 0 Å². The van der Waals surface area contributed by atoms with Crippen LogP contribution in [0.5, 0.6) is 0 Å². The van der Waals surface area contributed by atoms with Crippen LogP contribution in [0.15, 0.2) is 30.3 Å². The lowest BCUT2D eigenvalue weighted by Crippen LogP contribution is -2.50. The van der Waals surface area contributed by atoms with Gasteiger partial charge in [0.2, 0.25) is 0 Å². The van der Waals surface area contributed by atoms with E-state index in [2.05, 4.69) is 30.2 Å². The van der Waals surface area contributed by atoms with Crippen molar-refractivity contribution in [2.75, 3.05) is 26.2 Å². The molecule has 0 bridgehead atoms. The van der Waals surface area contributed by atoms with Crippen LogP contribution >= 0.6 is 0 Å². The number of likely N-dealkylation sites (tertiary alicyclic amines) is 1. The van der Waals surface area contributed by atoms with Crippen molar-refractivity contribution in [1.82, 2.24) is 0 Å². The van der Waals surface area contributed by atoms with Gasteiger partial charge in [-0.3, -0.25) is 0 Å². The Morgan fingerprint density at radius 2 is 1.91 bits per heavy atom. The maximum absolute atomic E-state index is 10.4. The molecular weight excluding hydrogens is 274 g/mol. The molecule has 0 saturated carbocycles. The summed E-state index contributed by atoms with van der Waals surface area (Å²) in [6, 6.07) is 10.5. The minimum Gasteiger partial charge on any atom is -0.385 e. The average molecular weight is 302 g/mol. The van der Waals surface area contributed by atoms with Crippen LogP contribution < -0.4 is 0 Å². The Morgan fingerprint density at radius 1 is 1.27 bits per heavy atom. The summed E-state index contributed by atoms with van der Waals surface area (Å²) in [5.41, 5.74) is 0.720. The number of rotatable bonds is 7. The zero-order chi connectivity index (χ0) is 16.1. The van der Waals surface area contributed by atoms with E-state index >= 15 is 0 Å². The fourth-order valence-electron chi connectivity index (χ4n) is 3.23. The number of terminal acetylenes is 1. The molecule has 1 aromatic rings. The molecule has 1 heterocycles. The first kappa shape index (κ1) is 17.0. The standard InChI is InChI=1S/C19H28NO2/c1-4-19(2,3)22-16-18(21)15-20(12-8-9-13-20)14-17-10-6-5-7-11-17/h1,5-7,10-11,18,21H,8-9,12-16H2,2-3H3/q+1/t18-/m1/s1. The predicted octanol–water partition coefficient (Wildman–Crippen LogP) is 2.59. The van der Waals surface area contributed by atoms with E-state index in [0.717, 1.165) is 30.7 Å². The number of hydrogen-bond acceptors (Lipinski definition) is 2. The van der Waals surface area contributed by atoms with Crippen LogP contribution in [0.2, 0.25) is 0 Å². The van der Waals surface area contributed by atoms with Gasteiger partial charge in [0, 0.05) is 18.4 Å². The molecule has 1 saturated heterocycles. The van der Waals surface area contributed by atoms with Gasteiger partial charge in [-0.15, -0.1) is 6.42 Å². The Morgan fingerprint density at radius 3 is 2.50 bits per heavy atom. The molecular formula is C19H28NO2+. The van der Waals surface area contributed by atoms with E-state index in [9.17, 15) is 5.11 Å². The highest BCUT2D eigenvalue weighted by atomic mass is 16.5. The summed E-state index contributed by atoms with van der Waals surface area (Å²) in [6.45, 7) is 7.97. The number of benzene rings is 1. The second kappa shape index (κ2) is 7.28. The molecule has 1 aromatic carbocycles. The normalized spacial score (nSPS) is 18.8. The summed E-state index contributed by atoms with van der Waals surface area (Å²) < 4.78 is 6.60. The molecule has 3 heteroatoms. The molecule has 1 fully saturated rings. The summed E-state index contributed by atoms with van der Waals surface area (Å²) in [5, 5.41) is 10.4. The lowest BCUT2D eigenvalue weighted by molar-refractivity contribution is -0.932. The van der Waals surface area contributed by atoms with Crippen molar-refractivity contribution in [2.24, 2.45) is 0 Å². The van der Waals surface area contributed by atoms with E-state index in [-0.39, 0.29) is 0 Å². The third-order valence-corrected chi connectivity index (χ3v) is 4.46. The van der Waals surface area contributed by atoms with Crippen LogP contribution in [0.1, 0.15) is 32.3 Å². The molecule has 22 heavy (non-hydrogen) atoms. The Labute approximate surface area is 134 Å². The Bertz CT molecular complexity index is 498. The van der Waals surface area contributed by atoms with E-state index in [4.69, 9.17) is 11.2 Å². The fraction of sp³-hybridized carbons (Fsp3) is 0.579. The van der Waals surface area contributed by atoms with Gasteiger partial charge in [-0.2, -0.15) is 0 Å². The van der Waals surface area contributed by atoms with Crippen LogP contribution in [-0.2, 0) is 11.3 Å². The number of quaternary nitrogens is 1. The van der Waals surface area contributed by atoms with Crippen molar-refractivity contribution >= 4 is 0 Å². The molecule has 3 nitrogen and oxygen atoms in total. The summed E-state index contributed by atoms with van der Waals surface area (Å²) >= 11 is 0. The molecule has 1 atom stereocenters. The largest absolute Gasteiger partial charge is 0.385 e. The molecule has 120 valence electrons. The summed E-state index contributed by atoms with van der Waals surface area (Å²) in [7, 11) is 0. The zero-order valence-corrected chi connectivity index (χ0v) is 13.8. The van der Waals surface area contributed by atoms with Crippen molar-refractivity contribution in [3.8, 4) is 12.3 Å². The van der Waals surface area contributed by atoms with E-state index in [1.807, 2.05) is 19.9 Å². The fourth-order valence-corrected chi connectivity index (χ4v) is 3.23. The topological polar surface area (TPSA) is 29.5 Å². The van der Waals surface area contributed by atoms with Gasteiger partial charge in [-0.25, -0.2) is 0 Å². The van der Waals surface area contributed by atoms with Crippen LogP contribution in [0.3, 0.4) is 0 Å². The highest BCUT2D eigenvalue weighted by Crippen LogP contribution is 2.24. The van der Waals surface area contributed by atoms with Gasteiger partial charge in [-0.05, 0) is 13.8 Å². The minimum atomic E-state index is -0.615. The zero-order valence-electron chi connectivity index (χ0n) is 13.8. The van der Waals surface area contributed by atoms with Gasteiger partial charge in [0.05, 0.1) is 19.7 Å². The first-order valence-corrected chi connectivity index (χ1v) is 8.14. The van der Waals surface area contributed by atoms with Gasteiger partial charge < -0.3 is 14.3 Å². The monoisotopic (exact) mass is 302 g/mol.